The van der Waals surface area contributed by atoms with E-state index in [9.17, 15) is 9.18 Å². The number of rotatable bonds is 2. The number of nitrogens with one attached hydrogen (secondary N) is 1. The minimum absolute atomic E-state index is 0.0322. The summed E-state index contributed by atoms with van der Waals surface area (Å²) in [5.41, 5.74) is 0.467. The van der Waals surface area contributed by atoms with E-state index in [4.69, 9.17) is 0 Å². The van der Waals surface area contributed by atoms with E-state index in [1.165, 1.54) is 37.8 Å². The number of hydrogen-bond donors (Lipinski definition) is 1. The van der Waals surface area contributed by atoms with E-state index in [1.807, 2.05) is 4.90 Å². The van der Waals surface area contributed by atoms with Crippen molar-refractivity contribution < 1.29 is 14.1 Å². The molecule has 1 heterocycles. The van der Waals surface area contributed by atoms with Crippen LogP contribution in [0.4, 0.5) is 4.39 Å². The number of halogens is 1. The van der Waals surface area contributed by atoms with Crippen LogP contribution in [0.5, 0.6) is 0 Å². The maximum absolute atomic E-state index is 13.3. The zero-order chi connectivity index (χ0) is 15.5. The van der Waals surface area contributed by atoms with Crippen molar-refractivity contribution in [3.05, 3.63) is 35.6 Å². The molecular weight excluding hydrogens is 279 g/mol. The molecule has 3 nitrogen and oxygen atoms in total. The molecule has 1 aromatic rings. The van der Waals surface area contributed by atoms with Crippen LogP contribution in [0.2, 0.25) is 0 Å². The van der Waals surface area contributed by atoms with Gasteiger partial charge in [-0.05, 0) is 37.5 Å². The summed E-state index contributed by atoms with van der Waals surface area (Å²) in [6, 6.07) is 6.79. The molecule has 0 spiro atoms. The molecule has 0 unspecified atom stereocenters. The lowest BCUT2D eigenvalue weighted by atomic mass is 9.84. The number of hydrogen-bond acceptors (Lipinski definition) is 1. The average Bonchev–Trinajstić information content (AvgIpc) is 2.55. The predicted molar refractivity (Wildman–Crippen MR) is 84.4 cm³/mol. The quantitative estimate of drug-likeness (QED) is 0.884. The summed E-state index contributed by atoms with van der Waals surface area (Å²) < 4.78 is 13.3. The van der Waals surface area contributed by atoms with Crippen LogP contribution >= 0.6 is 0 Å². The van der Waals surface area contributed by atoms with Crippen LogP contribution in [-0.4, -0.2) is 43.0 Å². The standard InChI is InChI=1S/C18H25FN2O/c1-14-5-2-3-8-17(14)20-9-11-21(12-10-20)18(22)15-6-4-7-16(19)13-15/h4,6-7,13-14,17H,2-3,5,8-12H2,1H3/p+1/t14-,17+/m1/s1. The summed E-state index contributed by atoms with van der Waals surface area (Å²) in [4.78, 5) is 16.0. The summed E-state index contributed by atoms with van der Waals surface area (Å²) >= 11 is 0. The lowest BCUT2D eigenvalue weighted by Gasteiger charge is -2.40. The van der Waals surface area contributed by atoms with Crippen molar-refractivity contribution >= 4 is 5.91 Å². The molecule has 22 heavy (non-hydrogen) atoms. The molecule has 2 aliphatic rings. The molecule has 3 rings (SSSR count). The van der Waals surface area contributed by atoms with Crippen LogP contribution in [-0.2, 0) is 0 Å². The molecule has 1 saturated carbocycles. The van der Waals surface area contributed by atoms with Crippen LogP contribution in [0.15, 0.2) is 24.3 Å². The maximum atomic E-state index is 13.3. The number of quaternary nitrogens is 1. The second-order valence-electron chi connectivity index (χ2n) is 6.83. The van der Waals surface area contributed by atoms with Gasteiger partial charge in [-0.15, -0.1) is 0 Å². The van der Waals surface area contributed by atoms with Gasteiger partial charge in [0.05, 0.1) is 32.2 Å². The molecule has 1 amide bonds. The fourth-order valence-electron chi connectivity index (χ4n) is 4.09. The molecule has 4 heteroatoms. The van der Waals surface area contributed by atoms with Gasteiger partial charge in [0, 0.05) is 11.5 Å². The zero-order valence-electron chi connectivity index (χ0n) is 13.4. The minimum atomic E-state index is -0.342. The van der Waals surface area contributed by atoms with Gasteiger partial charge >= 0.3 is 0 Å². The Hall–Kier alpha value is -1.42. The molecule has 0 radical (unpaired) electrons. The highest BCUT2D eigenvalue weighted by atomic mass is 19.1. The average molecular weight is 305 g/mol. The van der Waals surface area contributed by atoms with Crippen LogP contribution in [0.25, 0.3) is 0 Å². The van der Waals surface area contributed by atoms with Gasteiger partial charge < -0.3 is 9.80 Å². The second kappa shape index (κ2) is 6.78. The molecule has 1 aromatic carbocycles. The van der Waals surface area contributed by atoms with Crippen molar-refractivity contribution in [2.24, 2.45) is 5.92 Å². The van der Waals surface area contributed by atoms with Gasteiger partial charge in [0.25, 0.3) is 5.91 Å². The summed E-state index contributed by atoms with van der Waals surface area (Å²) in [7, 11) is 0. The van der Waals surface area contributed by atoms with Gasteiger partial charge in [0.1, 0.15) is 5.82 Å². The fourth-order valence-corrected chi connectivity index (χ4v) is 4.09. The monoisotopic (exact) mass is 305 g/mol. The molecule has 2 fully saturated rings. The van der Waals surface area contributed by atoms with E-state index in [0.29, 0.717) is 5.56 Å². The SMILES string of the molecule is C[C@@H]1CCCC[C@@H]1[NH+]1CCN(C(=O)c2cccc(F)c2)CC1. The second-order valence-corrected chi connectivity index (χ2v) is 6.83. The molecule has 0 aromatic heterocycles. The Morgan fingerprint density at radius 2 is 1.95 bits per heavy atom. The third-order valence-electron chi connectivity index (χ3n) is 5.40. The first-order valence-corrected chi connectivity index (χ1v) is 8.54. The first kappa shape index (κ1) is 15.5. The third kappa shape index (κ3) is 3.32. The first-order valence-electron chi connectivity index (χ1n) is 8.54. The Kier molecular flexibility index (Phi) is 4.77. The van der Waals surface area contributed by atoms with E-state index in [0.717, 1.165) is 38.1 Å². The third-order valence-corrected chi connectivity index (χ3v) is 5.40. The van der Waals surface area contributed by atoms with Crippen LogP contribution in [0, 0.1) is 11.7 Å². The molecule has 1 aliphatic carbocycles. The largest absolute Gasteiger partial charge is 0.329 e. The van der Waals surface area contributed by atoms with E-state index in [1.54, 1.807) is 17.0 Å². The van der Waals surface area contributed by atoms with Crippen molar-refractivity contribution in [3.63, 3.8) is 0 Å². The summed E-state index contributed by atoms with van der Waals surface area (Å²) in [6.07, 6.45) is 5.40. The van der Waals surface area contributed by atoms with Crippen molar-refractivity contribution in [2.45, 2.75) is 38.6 Å². The lowest BCUT2D eigenvalue weighted by molar-refractivity contribution is -0.934. The van der Waals surface area contributed by atoms with Crippen molar-refractivity contribution in [1.82, 2.24) is 4.90 Å². The molecule has 1 saturated heterocycles. The Bertz CT molecular complexity index is 526. The lowest BCUT2D eigenvalue weighted by Crippen LogP contribution is -3.19. The number of carbonyl (C=O) groups is 1. The van der Waals surface area contributed by atoms with Gasteiger partial charge in [-0.2, -0.15) is 0 Å². The first-order chi connectivity index (χ1) is 10.6. The van der Waals surface area contributed by atoms with E-state index >= 15 is 0 Å². The Morgan fingerprint density at radius 1 is 1.23 bits per heavy atom. The number of amides is 1. The topological polar surface area (TPSA) is 24.8 Å². The molecule has 120 valence electrons. The van der Waals surface area contributed by atoms with E-state index in [2.05, 4.69) is 6.92 Å². The molecule has 2 atom stereocenters. The Labute approximate surface area is 132 Å². The highest BCUT2D eigenvalue weighted by Gasteiger charge is 2.34. The molecule has 0 bridgehead atoms. The van der Waals surface area contributed by atoms with Crippen molar-refractivity contribution in [2.75, 3.05) is 26.2 Å². The van der Waals surface area contributed by atoms with E-state index < -0.39 is 0 Å². The smallest absolute Gasteiger partial charge is 0.254 e. The minimum Gasteiger partial charge on any atom is -0.329 e. The molecule has 1 N–H and O–H groups in total. The summed E-state index contributed by atoms with van der Waals surface area (Å²) in [5.74, 6) is 0.426. The number of nitrogens with zero attached hydrogens (tertiary/aromatic N) is 1. The molecular formula is C18H26FN2O+. The van der Waals surface area contributed by atoms with Gasteiger partial charge in [-0.3, -0.25) is 4.79 Å². The number of benzene rings is 1. The van der Waals surface area contributed by atoms with Crippen molar-refractivity contribution in [3.8, 4) is 0 Å². The van der Waals surface area contributed by atoms with Gasteiger partial charge in [-0.1, -0.05) is 19.4 Å². The number of piperazine rings is 1. The maximum Gasteiger partial charge on any atom is 0.254 e. The fraction of sp³-hybridized carbons (Fsp3) is 0.611. The molecule has 1 aliphatic heterocycles. The Morgan fingerprint density at radius 3 is 2.64 bits per heavy atom. The predicted octanol–water partition coefficient (Wildman–Crippen LogP) is 1.75. The normalized spacial score (nSPS) is 26.9. The van der Waals surface area contributed by atoms with Gasteiger partial charge in [-0.25, -0.2) is 4.39 Å². The van der Waals surface area contributed by atoms with Gasteiger partial charge in [0.2, 0.25) is 0 Å². The number of carbonyl (C=O) groups excluding carboxylic acids is 1. The van der Waals surface area contributed by atoms with Crippen LogP contribution in [0.1, 0.15) is 43.0 Å². The van der Waals surface area contributed by atoms with Crippen LogP contribution < -0.4 is 4.90 Å². The van der Waals surface area contributed by atoms with Gasteiger partial charge in [0.15, 0.2) is 0 Å². The van der Waals surface area contributed by atoms with Crippen molar-refractivity contribution in [1.29, 1.82) is 0 Å². The summed E-state index contributed by atoms with van der Waals surface area (Å²) in [6.45, 7) is 6.00. The highest BCUT2D eigenvalue weighted by Crippen LogP contribution is 2.22. The highest BCUT2D eigenvalue weighted by molar-refractivity contribution is 5.94. The Balaban J connectivity index is 1.58. The zero-order valence-corrected chi connectivity index (χ0v) is 13.4. The summed E-state index contributed by atoms with van der Waals surface area (Å²) in [5, 5.41) is 0. The van der Waals surface area contributed by atoms with Crippen LogP contribution in [0.3, 0.4) is 0 Å². The van der Waals surface area contributed by atoms with E-state index in [-0.39, 0.29) is 11.7 Å².